The van der Waals surface area contributed by atoms with E-state index in [-0.39, 0.29) is 11.6 Å². The number of nitrogens with zero attached hydrogens (tertiary/aromatic N) is 6. The number of amides is 1. The molecule has 0 N–H and O–H groups in total. The van der Waals surface area contributed by atoms with Crippen LogP contribution in [-0.4, -0.2) is 30.6 Å². The maximum atomic E-state index is 12.2. The Balaban J connectivity index is 1.54. The van der Waals surface area contributed by atoms with Gasteiger partial charge in [-0.2, -0.15) is 5.10 Å². The van der Waals surface area contributed by atoms with Gasteiger partial charge in [0.25, 0.3) is 5.69 Å². The molecule has 2 heterocycles. The van der Waals surface area contributed by atoms with Gasteiger partial charge in [0.1, 0.15) is 6.33 Å². The second-order valence-electron chi connectivity index (χ2n) is 6.38. The van der Waals surface area contributed by atoms with Gasteiger partial charge in [0.05, 0.1) is 22.8 Å². The molecule has 0 radical (unpaired) electrons. The first-order valence-corrected chi connectivity index (χ1v) is 9.83. The van der Waals surface area contributed by atoms with Crippen LogP contribution < -0.4 is 4.90 Å². The molecule has 0 saturated carbocycles. The summed E-state index contributed by atoms with van der Waals surface area (Å²) in [4.78, 5) is 33.0. The molecule has 0 bridgehead atoms. The molecule has 10 heteroatoms. The third kappa shape index (κ3) is 4.08. The van der Waals surface area contributed by atoms with Crippen LogP contribution in [0.25, 0.3) is 11.4 Å². The maximum Gasteiger partial charge on any atom is 0.270 e. The zero-order chi connectivity index (χ0) is 21.1. The molecule has 2 aromatic carbocycles. The zero-order valence-corrected chi connectivity index (χ0v) is 16.7. The van der Waals surface area contributed by atoms with E-state index < -0.39 is 4.92 Å². The van der Waals surface area contributed by atoms with Crippen molar-refractivity contribution in [2.45, 2.75) is 13.5 Å². The predicted octanol–water partition coefficient (Wildman–Crippen LogP) is 4.04. The number of carbonyl (C=O) groups excluding carboxylic acids is 1. The lowest BCUT2D eigenvalue weighted by molar-refractivity contribution is -0.384. The van der Waals surface area contributed by atoms with E-state index in [1.807, 2.05) is 35.7 Å². The molecular formula is C20H16N6O3S. The first-order valence-electron chi connectivity index (χ1n) is 8.95. The Labute approximate surface area is 175 Å². The highest BCUT2D eigenvalue weighted by molar-refractivity contribution is 7.14. The molecule has 0 aliphatic carbocycles. The van der Waals surface area contributed by atoms with Crippen LogP contribution in [0.3, 0.4) is 0 Å². The summed E-state index contributed by atoms with van der Waals surface area (Å²) in [5.41, 5.74) is 2.03. The molecule has 0 aliphatic rings. The smallest absolute Gasteiger partial charge is 0.270 e. The molecule has 0 unspecified atom stereocenters. The molecular weight excluding hydrogens is 404 g/mol. The molecule has 2 aromatic heterocycles. The van der Waals surface area contributed by atoms with Crippen molar-refractivity contribution in [3.63, 3.8) is 0 Å². The van der Waals surface area contributed by atoms with E-state index in [4.69, 9.17) is 0 Å². The molecule has 0 fully saturated rings. The summed E-state index contributed by atoms with van der Waals surface area (Å²) in [5, 5.41) is 17.8. The zero-order valence-electron chi connectivity index (χ0n) is 15.9. The average molecular weight is 420 g/mol. The minimum atomic E-state index is -0.454. The van der Waals surface area contributed by atoms with E-state index in [0.29, 0.717) is 23.1 Å². The molecule has 4 aromatic rings. The van der Waals surface area contributed by atoms with Gasteiger partial charge in [0.15, 0.2) is 11.0 Å². The lowest BCUT2D eigenvalue weighted by atomic mass is 10.2. The number of aromatic nitrogens is 4. The third-order valence-corrected chi connectivity index (χ3v) is 5.11. The molecule has 0 spiro atoms. The van der Waals surface area contributed by atoms with Gasteiger partial charge < -0.3 is 0 Å². The van der Waals surface area contributed by atoms with Gasteiger partial charge in [0, 0.05) is 30.0 Å². The molecule has 4 rings (SSSR count). The number of carbonyl (C=O) groups is 1. The van der Waals surface area contributed by atoms with E-state index >= 15 is 0 Å². The third-order valence-electron chi connectivity index (χ3n) is 4.24. The van der Waals surface area contributed by atoms with Gasteiger partial charge >= 0.3 is 0 Å². The van der Waals surface area contributed by atoms with Crippen molar-refractivity contribution in [1.82, 2.24) is 19.7 Å². The second-order valence-corrected chi connectivity index (χ2v) is 7.22. The summed E-state index contributed by atoms with van der Waals surface area (Å²) in [6.07, 6.45) is 1.55. The van der Waals surface area contributed by atoms with Gasteiger partial charge in [-0.05, 0) is 12.1 Å². The Morgan fingerprint density at radius 2 is 2.00 bits per heavy atom. The van der Waals surface area contributed by atoms with Crippen LogP contribution in [0.2, 0.25) is 0 Å². The SMILES string of the molecule is CC(=O)N(c1ccccc1)c1nc(Cn2cnc(-c3cccc([N+](=O)[O-])c3)n2)cs1. The number of rotatable bonds is 6. The second kappa shape index (κ2) is 8.21. The van der Waals surface area contributed by atoms with Gasteiger partial charge in [-0.25, -0.2) is 14.6 Å². The molecule has 0 aliphatic heterocycles. The fraction of sp³-hybridized carbons (Fsp3) is 0.100. The van der Waals surface area contributed by atoms with E-state index in [9.17, 15) is 14.9 Å². The van der Waals surface area contributed by atoms with Crippen LogP contribution in [0, 0.1) is 10.1 Å². The van der Waals surface area contributed by atoms with E-state index in [1.54, 1.807) is 28.0 Å². The minimum Gasteiger partial charge on any atom is -0.274 e. The van der Waals surface area contributed by atoms with Crippen LogP contribution in [0.5, 0.6) is 0 Å². The summed E-state index contributed by atoms with van der Waals surface area (Å²) in [6.45, 7) is 1.86. The van der Waals surface area contributed by atoms with Gasteiger partial charge in [-0.1, -0.05) is 30.3 Å². The number of benzene rings is 2. The van der Waals surface area contributed by atoms with Crippen molar-refractivity contribution >= 4 is 33.8 Å². The quantitative estimate of drug-likeness (QED) is 0.344. The van der Waals surface area contributed by atoms with E-state index in [0.717, 1.165) is 11.4 Å². The fourth-order valence-corrected chi connectivity index (χ4v) is 3.78. The molecule has 1 amide bonds. The van der Waals surface area contributed by atoms with E-state index in [2.05, 4.69) is 15.1 Å². The average Bonchev–Trinajstić information content (AvgIpc) is 3.39. The molecule has 0 saturated heterocycles. The number of hydrogen-bond donors (Lipinski definition) is 0. The van der Waals surface area contributed by atoms with Crippen LogP contribution in [0.15, 0.2) is 66.3 Å². The topological polar surface area (TPSA) is 107 Å². The Kier molecular flexibility index (Phi) is 5.31. The highest BCUT2D eigenvalue weighted by Crippen LogP contribution is 2.29. The summed E-state index contributed by atoms with van der Waals surface area (Å²) in [7, 11) is 0. The standard InChI is InChI=1S/C20H16N6O3S/c1-14(27)25(17-7-3-2-4-8-17)20-22-16(12-30-20)11-24-13-21-19(23-24)15-6-5-9-18(10-15)26(28)29/h2-10,12-13H,11H2,1H3. The van der Waals surface area contributed by atoms with E-state index in [1.165, 1.54) is 30.4 Å². The largest absolute Gasteiger partial charge is 0.274 e. The van der Waals surface area contributed by atoms with Gasteiger partial charge in [0.2, 0.25) is 5.91 Å². The normalized spacial score (nSPS) is 10.7. The summed E-state index contributed by atoms with van der Waals surface area (Å²) in [6, 6.07) is 15.5. The summed E-state index contributed by atoms with van der Waals surface area (Å²) >= 11 is 1.37. The lowest BCUT2D eigenvalue weighted by Crippen LogP contribution is -2.22. The van der Waals surface area contributed by atoms with Crippen LogP contribution in [0.1, 0.15) is 12.6 Å². The number of para-hydroxylation sites is 1. The maximum absolute atomic E-state index is 12.2. The van der Waals surface area contributed by atoms with Crippen molar-refractivity contribution in [2.24, 2.45) is 0 Å². The minimum absolute atomic E-state index is 0.0155. The summed E-state index contributed by atoms with van der Waals surface area (Å²) in [5.74, 6) is 0.264. The van der Waals surface area contributed by atoms with Crippen molar-refractivity contribution in [3.05, 3.63) is 82.1 Å². The molecule has 0 atom stereocenters. The van der Waals surface area contributed by atoms with Gasteiger partial charge in [-0.3, -0.25) is 19.8 Å². The van der Waals surface area contributed by atoms with Crippen molar-refractivity contribution < 1.29 is 9.72 Å². The molecule has 150 valence electrons. The number of nitro benzene ring substituents is 1. The highest BCUT2D eigenvalue weighted by Gasteiger charge is 2.18. The number of nitro groups is 1. The van der Waals surface area contributed by atoms with Gasteiger partial charge in [-0.15, -0.1) is 11.3 Å². The Hall–Kier alpha value is -3.92. The first kappa shape index (κ1) is 19.4. The van der Waals surface area contributed by atoms with Crippen LogP contribution >= 0.6 is 11.3 Å². The Bertz CT molecular complexity index is 1200. The first-order chi connectivity index (χ1) is 14.5. The fourth-order valence-electron chi connectivity index (χ4n) is 2.90. The number of anilines is 2. The van der Waals surface area contributed by atoms with Crippen LogP contribution in [-0.2, 0) is 11.3 Å². The van der Waals surface area contributed by atoms with Crippen molar-refractivity contribution in [1.29, 1.82) is 0 Å². The van der Waals surface area contributed by atoms with Crippen LogP contribution in [0.4, 0.5) is 16.5 Å². The predicted molar refractivity (Wildman–Crippen MR) is 113 cm³/mol. The highest BCUT2D eigenvalue weighted by atomic mass is 32.1. The lowest BCUT2D eigenvalue weighted by Gasteiger charge is -2.17. The van der Waals surface area contributed by atoms with Crippen molar-refractivity contribution in [2.75, 3.05) is 4.90 Å². The number of thiazole rings is 1. The van der Waals surface area contributed by atoms with Crippen molar-refractivity contribution in [3.8, 4) is 11.4 Å². The monoisotopic (exact) mass is 420 g/mol. The summed E-state index contributed by atoms with van der Waals surface area (Å²) < 4.78 is 1.60. The molecule has 30 heavy (non-hydrogen) atoms. The molecule has 9 nitrogen and oxygen atoms in total. The Morgan fingerprint density at radius 3 is 2.73 bits per heavy atom. The Morgan fingerprint density at radius 1 is 1.20 bits per heavy atom. The number of hydrogen-bond acceptors (Lipinski definition) is 7. The number of non-ortho nitro benzene ring substituents is 1.